The SMILES string of the molecule is C1CCOC1.C1CCOC1.CC(C)c1cccc(C(C)C)c1N=c1cc(C(C)(C)C)[cH-]c(C(C)(C)C)c1[O-].CC(C)c1cccc(C(C)C)c1N=c1cc(C(C)(C)C)[cH-]c(C(C)(C)C)c1[O-].CC(C)c1cccc(C(C)C)c1[N-]c1cc(C(C)(C)C)cc(C(C)(C)C)c1[O-].CC(C)c1cccc(C(C)C)c1[N-]c1cc(C(C)(C)C)cc(C(C)(C)C)c1[O-].CCCCCC.[Yb+2].[Yb+2].[Yb+2].[Yb+2]. The van der Waals surface area contributed by atoms with Crippen LogP contribution >= 0.6 is 0 Å². The molecule has 14 heteroatoms. The van der Waals surface area contributed by atoms with Crippen molar-refractivity contribution in [1.82, 2.24) is 0 Å². The Balaban J connectivity index is 0.00000162. The van der Waals surface area contributed by atoms with E-state index < -0.39 is 0 Å². The summed E-state index contributed by atoms with van der Waals surface area (Å²) in [6, 6.07) is 41.8. The molecule has 0 amide bonds. The molecule has 0 radical (unpaired) electrons. The second-order valence-electron chi connectivity index (χ2n) is 46.7. The first kappa shape index (κ1) is 130. The van der Waals surface area contributed by atoms with Gasteiger partial charge in [-0.2, -0.15) is 34.4 Å². The standard InChI is InChI=1S/4C26H38NO.C6H14.2C4H8O.4Yb/c4*1-16(2)19-12-11-13-20(17(3)4)23(19)27-22-15-18(25(5,6)7)14-21(24(22)28)26(8,9)10;1-3-5-6-4-2;2*1-2-4-5-3-1;;;;/h4*11-17,28H,1-10H3;3-6H2,1-2H3;2*1-4H2;;;;/q4*-1;;;;4*+2/p-4. The molecule has 0 unspecified atom stereocenters. The fourth-order valence-corrected chi connectivity index (χ4v) is 15.3. The topological polar surface area (TPSA) is 164 Å². The molecule has 0 atom stereocenters. The Hall–Kier alpha value is -1.84. The van der Waals surface area contributed by atoms with Gasteiger partial charge in [0.25, 0.3) is 0 Å². The molecule has 10 rings (SSSR count). The summed E-state index contributed by atoms with van der Waals surface area (Å²) in [5.41, 5.74) is 21.5. The molecule has 8 aromatic rings. The molecular weight excluding hydrogens is 2260 g/mol. The largest absolute Gasteiger partial charge is 2.00 e. The van der Waals surface area contributed by atoms with Crippen molar-refractivity contribution in [1.29, 1.82) is 0 Å². The van der Waals surface area contributed by atoms with E-state index in [-0.39, 0.29) is 254 Å². The summed E-state index contributed by atoms with van der Waals surface area (Å²) in [5.74, 6) is 2.98. The van der Waals surface area contributed by atoms with Crippen molar-refractivity contribution in [3.05, 3.63) is 232 Å². The van der Waals surface area contributed by atoms with Crippen LogP contribution in [0.15, 0.2) is 131 Å². The average molecular weight is 2440 g/mol. The summed E-state index contributed by atoms with van der Waals surface area (Å²) in [6.07, 6.45) is 10.6. The summed E-state index contributed by atoms with van der Waals surface area (Å²) in [7, 11) is 0. The quantitative estimate of drug-likeness (QED) is 0.0651. The number of rotatable bonds is 17. The van der Waals surface area contributed by atoms with E-state index in [1.165, 1.54) is 95.9 Å². The first-order valence-electron chi connectivity index (χ1n) is 48.8. The zero-order chi connectivity index (χ0) is 97.7. The van der Waals surface area contributed by atoms with Gasteiger partial charge in [0.15, 0.2) is 0 Å². The normalized spacial score (nSPS) is 13.4. The van der Waals surface area contributed by atoms with E-state index >= 15 is 0 Å². The number of hydrogen-bond acceptors (Lipinski definition) is 8. The van der Waals surface area contributed by atoms with E-state index in [4.69, 9.17) is 30.1 Å². The first-order chi connectivity index (χ1) is 58.8. The van der Waals surface area contributed by atoms with Crippen LogP contribution in [0.2, 0.25) is 0 Å². The smallest absolute Gasteiger partial charge is 0.927 e. The molecule has 762 valence electrons. The molecule has 8 aromatic carbocycles. The Morgan fingerprint density at radius 3 is 0.705 bits per heavy atom. The molecule has 2 fully saturated rings. The summed E-state index contributed by atoms with van der Waals surface area (Å²) < 4.78 is 9.89. The molecule has 0 saturated carbocycles. The number of para-hydroxylation sites is 4. The number of benzene rings is 8. The van der Waals surface area contributed by atoms with Crippen molar-refractivity contribution in [3.63, 3.8) is 0 Å². The van der Waals surface area contributed by atoms with Gasteiger partial charge in [-0.3, -0.25) is 9.98 Å². The zero-order valence-electron chi connectivity index (χ0n) is 90.0. The van der Waals surface area contributed by atoms with Crippen molar-refractivity contribution in [3.8, 4) is 23.0 Å². The van der Waals surface area contributed by atoms with Gasteiger partial charge in [0, 0.05) is 26.4 Å². The van der Waals surface area contributed by atoms with E-state index in [1.807, 2.05) is 24.3 Å². The fourth-order valence-electron chi connectivity index (χ4n) is 15.3. The van der Waals surface area contributed by atoms with Gasteiger partial charge in [0.05, 0.1) is 11.4 Å². The summed E-state index contributed by atoms with van der Waals surface area (Å²) in [5, 5.41) is 64.6. The number of nitrogens with zero attached hydrogens (tertiary/aromatic N) is 4. The summed E-state index contributed by atoms with van der Waals surface area (Å²) in [4.78, 5) is 10.0. The van der Waals surface area contributed by atoms with E-state index in [0.29, 0.717) is 69.4 Å². The van der Waals surface area contributed by atoms with E-state index in [0.717, 1.165) is 93.7 Å². The molecular formula is C118H178N4O6Yb4. The van der Waals surface area contributed by atoms with Crippen LogP contribution in [0.5, 0.6) is 23.0 Å². The van der Waals surface area contributed by atoms with Crippen LogP contribution in [-0.4, -0.2) is 26.4 Å². The Morgan fingerprint density at radius 2 is 0.530 bits per heavy atom. The third kappa shape index (κ3) is 40.2. The Kier molecular flexibility index (Phi) is 56.6. The number of hydrogen-bond donors (Lipinski definition) is 0. The molecule has 132 heavy (non-hydrogen) atoms. The van der Waals surface area contributed by atoms with Crippen LogP contribution in [0.3, 0.4) is 0 Å². The molecule has 0 N–H and O–H groups in total. The fraction of sp³-hybridized carbons (Fsp3) is 0.593. The average Bonchev–Trinajstić information content (AvgIpc) is 0.785. The van der Waals surface area contributed by atoms with Crippen LogP contribution in [0, 0.1) is 188 Å². The zero-order valence-corrected chi connectivity index (χ0v) is 96.8. The van der Waals surface area contributed by atoms with Gasteiger partial charge in [-0.15, -0.1) is 46.4 Å². The van der Waals surface area contributed by atoms with E-state index in [2.05, 4.69) is 388 Å². The molecule has 2 heterocycles. The van der Waals surface area contributed by atoms with Gasteiger partial charge in [-0.05, 0) is 150 Å². The third-order valence-corrected chi connectivity index (χ3v) is 23.9. The van der Waals surface area contributed by atoms with Crippen LogP contribution in [-0.2, 0) is 52.8 Å². The van der Waals surface area contributed by atoms with Crippen LogP contribution in [0.4, 0.5) is 34.1 Å². The molecule has 0 bridgehead atoms. The van der Waals surface area contributed by atoms with Gasteiger partial charge >= 0.3 is 188 Å². The van der Waals surface area contributed by atoms with Gasteiger partial charge in [0.2, 0.25) is 0 Å². The predicted molar refractivity (Wildman–Crippen MR) is 549 cm³/mol. The molecule has 2 aliphatic heterocycles. The minimum absolute atomic E-state index is 0. The molecule has 0 aromatic heterocycles. The van der Waals surface area contributed by atoms with E-state index in [9.17, 15) is 20.4 Å². The molecule has 2 saturated heterocycles. The summed E-state index contributed by atoms with van der Waals surface area (Å²) in [6.45, 7) is 94.8. The van der Waals surface area contributed by atoms with Crippen molar-refractivity contribution in [2.75, 3.05) is 26.4 Å². The van der Waals surface area contributed by atoms with E-state index in [1.54, 1.807) is 0 Å². The number of ether oxygens (including phenoxy) is 2. The Morgan fingerprint density at radius 1 is 0.303 bits per heavy atom. The van der Waals surface area contributed by atoms with Crippen molar-refractivity contribution < 1.29 is 218 Å². The van der Waals surface area contributed by atoms with Crippen LogP contribution in [0.25, 0.3) is 10.6 Å². The third-order valence-electron chi connectivity index (χ3n) is 23.9. The van der Waals surface area contributed by atoms with Crippen molar-refractivity contribution in [2.45, 2.75) is 433 Å². The van der Waals surface area contributed by atoms with Gasteiger partial charge in [0.1, 0.15) is 0 Å². The van der Waals surface area contributed by atoms with Crippen LogP contribution in [0.1, 0.15) is 479 Å². The minimum atomic E-state index is -0.221. The molecule has 0 aliphatic carbocycles. The van der Waals surface area contributed by atoms with Gasteiger partial charge < -0.3 is 40.5 Å². The van der Waals surface area contributed by atoms with Crippen molar-refractivity contribution >= 4 is 34.1 Å². The Labute approximate surface area is 962 Å². The maximum Gasteiger partial charge on any atom is 2.00 e. The van der Waals surface area contributed by atoms with Gasteiger partial charge in [-0.25, -0.2) is 11.5 Å². The molecule has 10 nitrogen and oxygen atoms in total. The Bertz CT molecular complexity index is 4520. The minimum Gasteiger partial charge on any atom is -0.927 e. The second kappa shape index (κ2) is 57.5. The van der Waals surface area contributed by atoms with Crippen molar-refractivity contribution in [2.24, 2.45) is 9.98 Å². The van der Waals surface area contributed by atoms with Crippen LogP contribution < -0.4 is 31.1 Å². The van der Waals surface area contributed by atoms with Gasteiger partial charge in [-0.1, -0.05) is 458 Å². The number of unbranched alkanes of at least 4 members (excludes halogenated alkanes) is 3. The second-order valence-corrected chi connectivity index (χ2v) is 46.7. The first-order valence-corrected chi connectivity index (χ1v) is 48.8. The predicted octanol–water partition coefficient (Wildman–Crippen LogP) is 33.2. The summed E-state index contributed by atoms with van der Waals surface area (Å²) >= 11 is 0. The maximum atomic E-state index is 13.4. The molecule has 2 aliphatic rings. The monoisotopic (exact) mass is 2440 g/mol. The molecule has 0 spiro atoms. The maximum absolute atomic E-state index is 13.4.